The highest BCUT2D eigenvalue weighted by Gasteiger charge is 2.23. The third-order valence-electron chi connectivity index (χ3n) is 4.68. The molecular formula is C20H23FN6O. The van der Waals surface area contributed by atoms with Gasteiger partial charge < -0.3 is 10.1 Å². The molecule has 0 spiro atoms. The van der Waals surface area contributed by atoms with E-state index in [2.05, 4.69) is 38.4 Å². The van der Waals surface area contributed by atoms with Crippen LogP contribution in [0.25, 0.3) is 0 Å². The van der Waals surface area contributed by atoms with Crippen LogP contribution in [-0.2, 0) is 17.8 Å². The minimum Gasteiger partial charge on any atom is -0.369 e. The van der Waals surface area contributed by atoms with E-state index in [9.17, 15) is 4.39 Å². The summed E-state index contributed by atoms with van der Waals surface area (Å²) in [5, 5.41) is 7.45. The Morgan fingerprint density at radius 2 is 2.11 bits per heavy atom. The van der Waals surface area contributed by atoms with Gasteiger partial charge in [-0.2, -0.15) is 5.10 Å². The highest BCUT2D eigenvalue weighted by molar-refractivity contribution is 5.54. The van der Waals surface area contributed by atoms with Gasteiger partial charge in [0.05, 0.1) is 36.6 Å². The summed E-state index contributed by atoms with van der Waals surface area (Å²) in [6.07, 6.45) is 6.88. The SMILES string of the molecule is CCn1cc(CN2CCOC(c3ccc(Nc4ccc(F)cn4)cn3)C2)cn1. The lowest BCUT2D eigenvalue weighted by Gasteiger charge is -2.32. The lowest BCUT2D eigenvalue weighted by molar-refractivity contribution is -0.0349. The number of nitrogens with zero attached hydrogens (tertiary/aromatic N) is 5. The van der Waals surface area contributed by atoms with Crippen LogP contribution in [0.15, 0.2) is 49.1 Å². The first-order valence-corrected chi connectivity index (χ1v) is 9.39. The number of rotatable bonds is 6. The molecule has 3 aromatic heterocycles. The molecule has 7 nitrogen and oxygen atoms in total. The van der Waals surface area contributed by atoms with E-state index in [-0.39, 0.29) is 11.9 Å². The number of aromatic nitrogens is 4. The quantitative estimate of drug-likeness (QED) is 0.706. The number of hydrogen-bond acceptors (Lipinski definition) is 6. The van der Waals surface area contributed by atoms with E-state index >= 15 is 0 Å². The van der Waals surface area contributed by atoms with Crippen LogP contribution < -0.4 is 5.32 Å². The molecule has 3 aromatic rings. The van der Waals surface area contributed by atoms with E-state index in [1.165, 1.54) is 17.8 Å². The number of pyridine rings is 2. The lowest BCUT2D eigenvalue weighted by atomic mass is 10.1. The molecule has 28 heavy (non-hydrogen) atoms. The zero-order valence-electron chi connectivity index (χ0n) is 15.8. The maximum absolute atomic E-state index is 12.9. The summed E-state index contributed by atoms with van der Waals surface area (Å²) in [7, 11) is 0. The minimum atomic E-state index is -0.361. The van der Waals surface area contributed by atoms with E-state index in [0.29, 0.717) is 12.4 Å². The minimum absolute atomic E-state index is 0.0621. The van der Waals surface area contributed by atoms with Crippen LogP contribution in [0.2, 0.25) is 0 Å². The van der Waals surface area contributed by atoms with Crippen molar-refractivity contribution >= 4 is 11.5 Å². The first-order valence-electron chi connectivity index (χ1n) is 9.39. The van der Waals surface area contributed by atoms with Crippen LogP contribution in [0, 0.1) is 5.82 Å². The molecule has 1 fully saturated rings. The Morgan fingerprint density at radius 1 is 1.18 bits per heavy atom. The van der Waals surface area contributed by atoms with Gasteiger partial charge in [-0.25, -0.2) is 9.37 Å². The first-order chi connectivity index (χ1) is 13.7. The second kappa shape index (κ2) is 8.45. The fourth-order valence-electron chi connectivity index (χ4n) is 3.21. The van der Waals surface area contributed by atoms with Gasteiger partial charge in [0, 0.05) is 37.9 Å². The van der Waals surface area contributed by atoms with Crippen molar-refractivity contribution < 1.29 is 9.13 Å². The second-order valence-corrected chi connectivity index (χ2v) is 6.76. The molecular weight excluding hydrogens is 359 g/mol. The molecule has 4 heterocycles. The number of morpholine rings is 1. The molecule has 4 rings (SSSR count). The van der Waals surface area contributed by atoms with E-state index in [1.54, 1.807) is 12.3 Å². The third kappa shape index (κ3) is 4.52. The normalized spacial score (nSPS) is 17.6. The highest BCUT2D eigenvalue weighted by Crippen LogP contribution is 2.23. The maximum atomic E-state index is 12.9. The van der Waals surface area contributed by atoms with Gasteiger partial charge in [0.1, 0.15) is 17.7 Å². The third-order valence-corrected chi connectivity index (χ3v) is 4.68. The van der Waals surface area contributed by atoms with Crippen molar-refractivity contribution in [1.29, 1.82) is 0 Å². The van der Waals surface area contributed by atoms with Gasteiger partial charge >= 0.3 is 0 Å². The predicted molar refractivity (Wildman–Crippen MR) is 104 cm³/mol. The molecule has 0 amide bonds. The average molecular weight is 382 g/mol. The van der Waals surface area contributed by atoms with E-state index < -0.39 is 0 Å². The molecule has 8 heteroatoms. The number of aryl methyl sites for hydroxylation is 1. The molecule has 0 aliphatic carbocycles. The van der Waals surface area contributed by atoms with Gasteiger partial charge in [0.2, 0.25) is 0 Å². The Hall–Kier alpha value is -2.84. The number of hydrogen-bond donors (Lipinski definition) is 1. The molecule has 1 atom stereocenters. The maximum Gasteiger partial charge on any atom is 0.141 e. The van der Waals surface area contributed by atoms with Crippen LogP contribution in [0.1, 0.15) is 24.3 Å². The van der Waals surface area contributed by atoms with Gasteiger partial charge in [-0.05, 0) is 31.2 Å². The van der Waals surface area contributed by atoms with Crippen molar-refractivity contribution in [3.05, 3.63) is 66.1 Å². The largest absolute Gasteiger partial charge is 0.369 e. The summed E-state index contributed by atoms with van der Waals surface area (Å²) in [4.78, 5) is 10.9. The molecule has 146 valence electrons. The first kappa shape index (κ1) is 18.5. The van der Waals surface area contributed by atoms with Gasteiger partial charge in [-0.1, -0.05) is 0 Å². The summed E-state index contributed by atoms with van der Waals surface area (Å²) in [6, 6.07) is 6.84. The van der Waals surface area contributed by atoms with Crippen molar-refractivity contribution in [2.45, 2.75) is 26.1 Å². The number of halogens is 1. The summed E-state index contributed by atoms with van der Waals surface area (Å²) in [6.45, 7) is 6.17. The Kier molecular flexibility index (Phi) is 5.59. The molecule has 1 saturated heterocycles. The monoisotopic (exact) mass is 382 g/mol. The average Bonchev–Trinajstić information content (AvgIpc) is 3.18. The molecule has 0 radical (unpaired) electrons. The van der Waals surface area contributed by atoms with Crippen LogP contribution in [-0.4, -0.2) is 44.3 Å². The molecule has 0 aromatic carbocycles. The Labute approximate surface area is 163 Å². The second-order valence-electron chi connectivity index (χ2n) is 6.76. The Balaban J connectivity index is 1.37. The smallest absolute Gasteiger partial charge is 0.141 e. The van der Waals surface area contributed by atoms with Crippen LogP contribution in [0.3, 0.4) is 0 Å². The van der Waals surface area contributed by atoms with Gasteiger partial charge in [-0.15, -0.1) is 0 Å². The molecule has 1 unspecified atom stereocenters. The summed E-state index contributed by atoms with van der Waals surface area (Å²) < 4.78 is 20.8. The van der Waals surface area contributed by atoms with Crippen molar-refractivity contribution in [3.63, 3.8) is 0 Å². The van der Waals surface area contributed by atoms with E-state index in [0.717, 1.165) is 37.6 Å². The van der Waals surface area contributed by atoms with Gasteiger partial charge in [-0.3, -0.25) is 14.6 Å². The highest BCUT2D eigenvalue weighted by atomic mass is 19.1. The summed E-state index contributed by atoms with van der Waals surface area (Å²) >= 11 is 0. The zero-order valence-corrected chi connectivity index (χ0v) is 15.8. The number of anilines is 2. The summed E-state index contributed by atoms with van der Waals surface area (Å²) in [5.74, 6) is 0.212. The van der Waals surface area contributed by atoms with Gasteiger partial charge in [0.25, 0.3) is 0 Å². The van der Waals surface area contributed by atoms with Crippen molar-refractivity contribution in [1.82, 2.24) is 24.6 Å². The predicted octanol–water partition coefficient (Wildman–Crippen LogP) is 3.15. The Bertz CT molecular complexity index is 896. The standard InChI is InChI=1S/C20H23FN6O/c1-2-27-13-15(9-24-27)12-26-7-8-28-19(14-26)18-5-4-17(11-22-18)25-20-6-3-16(21)10-23-20/h3-6,9-11,13,19H,2,7-8,12,14H2,1H3,(H,23,25). The molecule has 0 bridgehead atoms. The summed E-state index contributed by atoms with van der Waals surface area (Å²) in [5.41, 5.74) is 2.90. The zero-order chi connectivity index (χ0) is 19.3. The van der Waals surface area contributed by atoms with Crippen LogP contribution in [0.5, 0.6) is 0 Å². The molecule has 0 saturated carbocycles. The van der Waals surface area contributed by atoms with Crippen molar-refractivity contribution in [3.8, 4) is 0 Å². The lowest BCUT2D eigenvalue weighted by Crippen LogP contribution is -2.38. The Morgan fingerprint density at radius 3 is 2.82 bits per heavy atom. The fourth-order valence-corrected chi connectivity index (χ4v) is 3.21. The fraction of sp³-hybridized carbons (Fsp3) is 0.350. The van der Waals surface area contributed by atoms with Crippen molar-refractivity contribution in [2.75, 3.05) is 25.0 Å². The van der Waals surface area contributed by atoms with E-state index in [4.69, 9.17) is 4.74 Å². The molecule has 1 N–H and O–H groups in total. The topological polar surface area (TPSA) is 68.1 Å². The van der Waals surface area contributed by atoms with Crippen LogP contribution in [0.4, 0.5) is 15.9 Å². The van der Waals surface area contributed by atoms with Crippen LogP contribution >= 0.6 is 0 Å². The van der Waals surface area contributed by atoms with E-state index in [1.807, 2.05) is 23.0 Å². The molecule has 1 aliphatic heterocycles. The molecule has 1 aliphatic rings. The number of nitrogens with one attached hydrogen (secondary N) is 1. The van der Waals surface area contributed by atoms with Crippen molar-refractivity contribution in [2.24, 2.45) is 0 Å². The van der Waals surface area contributed by atoms with Gasteiger partial charge in [0.15, 0.2) is 0 Å². The number of ether oxygens (including phenoxy) is 1.